The second kappa shape index (κ2) is 7.22. The first-order chi connectivity index (χ1) is 10.1. The summed E-state index contributed by atoms with van der Waals surface area (Å²) in [5, 5.41) is 0.735. The van der Waals surface area contributed by atoms with Crippen LogP contribution in [-0.2, 0) is 9.53 Å². The number of piperazine rings is 1. The molecule has 0 saturated carbocycles. The zero-order valence-corrected chi connectivity index (χ0v) is 12.8. The SMILES string of the molecule is CCOC(=O)/C=C(\N)N1CCN(c2ccc(Cl)cc2)CC1. The van der Waals surface area contributed by atoms with Crippen LogP contribution in [0.1, 0.15) is 6.92 Å². The van der Waals surface area contributed by atoms with Crippen molar-refractivity contribution in [3.8, 4) is 0 Å². The molecule has 2 N–H and O–H groups in total. The van der Waals surface area contributed by atoms with Gasteiger partial charge in [-0.05, 0) is 31.2 Å². The molecule has 1 saturated heterocycles. The van der Waals surface area contributed by atoms with E-state index in [1.807, 2.05) is 29.2 Å². The third-order valence-electron chi connectivity index (χ3n) is 3.39. The highest BCUT2D eigenvalue weighted by atomic mass is 35.5. The van der Waals surface area contributed by atoms with Gasteiger partial charge in [-0.2, -0.15) is 0 Å². The smallest absolute Gasteiger partial charge is 0.334 e. The highest BCUT2D eigenvalue weighted by molar-refractivity contribution is 6.30. The average Bonchev–Trinajstić information content (AvgIpc) is 2.48. The molecule has 0 aromatic heterocycles. The molecule has 0 amide bonds. The average molecular weight is 310 g/mol. The first-order valence-corrected chi connectivity index (χ1v) is 7.37. The number of hydrogen-bond donors (Lipinski definition) is 1. The van der Waals surface area contributed by atoms with Gasteiger partial charge in [-0.15, -0.1) is 0 Å². The van der Waals surface area contributed by atoms with Crippen molar-refractivity contribution in [1.29, 1.82) is 0 Å². The maximum atomic E-state index is 11.4. The second-order valence-corrected chi connectivity index (χ2v) is 5.21. The predicted octanol–water partition coefficient (Wildman–Crippen LogP) is 1.83. The molecular weight excluding hydrogens is 290 g/mol. The molecule has 1 aliphatic rings. The van der Waals surface area contributed by atoms with E-state index in [1.54, 1.807) is 6.92 Å². The summed E-state index contributed by atoms with van der Waals surface area (Å²) in [6, 6.07) is 7.79. The zero-order chi connectivity index (χ0) is 15.2. The molecular formula is C15H20ClN3O2. The van der Waals surface area contributed by atoms with Gasteiger partial charge in [-0.3, -0.25) is 0 Å². The Kier molecular flexibility index (Phi) is 5.33. The van der Waals surface area contributed by atoms with Crippen molar-refractivity contribution < 1.29 is 9.53 Å². The number of nitrogens with two attached hydrogens (primary N) is 1. The van der Waals surface area contributed by atoms with Crippen LogP contribution in [0, 0.1) is 0 Å². The molecule has 0 atom stereocenters. The van der Waals surface area contributed by atoms with Crippen LogP contribution in [0.25, 0.3) is 0 Å². The van der Waals surface area contributed by atoms with Gasteiger partial charge >= 0.3 is 5.97 Å². The minimum atomic E-state index is -0.393. The number of carbonyl (C=O) groups excluding carboxylic acids is 1. The van der Waals surface area contributed by atoms with E-state index in [1.165, 1.54) is 6.08 Å². The third-order valence-corrected chi connectivity index (χ3v) is 3.64. The lowest BCUT2D eigenvalue weighted by Gasteiger charge is -2.37. The van der Waals surface area contributed by atoms with Gasteiger partial charge in [-0.1, -0.05) is 11.6 Å². The van der Waals surface area contributed by atoms with Crippen LogP contribution >= 0.6 is 11.6 Å². The summed E-state index contributed by atoms with van der Waals surface area (Å²) in [5.74, 6) is 0.0688. The fourth-order valence-corrected chi connectivity index (χ4v) is 2.40. The molecule has 1 aromatic rings. The summed E-state index contributed by atoms with van der Waals surface area (Å²) >= 11 is 5.89. The Morgan fingerprint density at radius 3 is 2.48 bits per heavy atom. The highest BCUT2D eigenvalue weighted by Gasteiger charge is 2.18. The number of rotatable bonds is 4. The molecule has 1 aromatic carbocycles. The summed E-state index contributed by atoms with van der Waals surface area (Å²) in [5.41, 5.74) is 7.08. The maximum Gasteiger partial charge on any atom is 0.334 e. The summed E-state index contributed by atoms with van der Waals surface area (Å²) < 4.78 is 4.86. The van der Waals surface area contributed by atoms with Crippen LogP contribution in [0.3, 0.4) is 0 Å². The van der Waals surface area contributed by atoms with Gasteiger partial charge in [0.2, 0.25) is 0 Å². The molecule has 114 valence electrons. The number of hydrogen-bond acceptors (Lipinski definition) is 5. The quantitative estimate of drug-likeness (QED) is 0.679. The monoisotopic (exact) mass is 309 g/mol. The largest absolute Gasteiger partial charge is 0.463 e. The van der Waals surface area contributed by atoms with E-state index in [4.69, 9.17) is 22.1 Å². The van der Waals surface area contributed by atoms with Crippen molar-refractivity contribution in [2.24, 2.45) is 5.73 Å². The topological polar surface area (TPSA) is 58.8 Å². The minimum absolute atomic E-state index is 0.354. The van der Waals surface area contributed by atoms with Crippen molar-refractivity contribution in [1.82, 2.24) is 4.90 Å². The number of ether oxygens (including phenoxy) is 1. The number of anilines is 1. The van der Waals surface area contributed by atoms with Crippen molar-refractivity contribution in [2.45, 2.75) is 6.92 Å². The standard InChI is InChI=1S/C15H20ClN3O2/c1-2-21-15(20)11-14(17)19-9-7-18(8-10-19)13-5-3-12(16)4-6-13/h3-6,11H,2,7-10,17H2,1H3/b14-11+. The lowest BCUT2D eigenvalue weighted by Crippen LogP contribution is -2.47. The van der Waals surface area contributed by atoms with Crippen molar-refractivity contribution in [3.05, 3.63) is 41.2 Å². The van der Waals surface area contributed by atoms with E-state index in [0.29, 0.717) is 12.4 Å². The van der Waals surface area contributed by atoms with Gasteiger partial charge in [0.25, 0.3) is 0 Å². The zero-order valence-electron chi connectivity index (χ0n) is 12.1. The van der Waals surface area contributed by atoms with Gasteiger partial charge in [0.15, 0.2) is 0 Å². The molecule has 0 spiro atoms. The van der Waals surface area contributed by atoms with Crippen LogP contribution in [0.4, 0.5) is 5.69 Å². The van der Waals surface area contributed by atoms with Crippen LogP contribution in [0.15, 0.2) is 36.2 Å². The van der Waals surface area contributed by atoms with Gasteiger partial charge in [0, 0.05) is 36.9 Å². The van der Waals surface area contributed by atoms with E-state index >= 15 is 0 Å². The van der Waals surface area contributed by atoms with Gasteiger partial charge < -0.3 is 20.3 Å². The number of carbonyl (C=O) groups is 1. The van der Waals surface area contributed by atoms with Crippen LogP contribution in [-0.4, -0.2) is 43.7 Å². The fraction of sp³-hybridized carbons (Fsp3) is 0.400. The first-order valence-electron chi connectivity index (χ1n) is 6.99. The summed E-state index contributed by atoms with van der Waals surface area (Å²) in [6.45, 7) is 5.35. The Labute approximate surface area is 129 Å². The Hall–Kier alpha value is -1.88. The number of nitrogens with zero attached hydrogens (tertiary/aromatic N) is 2. The van der Waals surface area contributed by atoms with Crippen LogP contribution < -0.4 is 10.6 Å². The predicted molar refractivity (Wildman–Crippen MR) is 84.1 cm³/mol. The van der Waals surface area contributed by atoms with E-state index in [-0.39, 0.29) is 0 Å². The lowest BCUT2D eigenvalue weighted by molar-refractivity contribution is -0.137. The third kappa shape index (κ3) is 4.29. The van der Waals surface area contributed by atoms with E-state index in [2.05, 4.69) is 4.90 Å². The van der Waals surface area contributed by atoms with E-state index < -0.39 is 5.97 Å². The van der Waals surface area contributed by atoms with Crippen LogP contribution in [0.2, 0.25) is 5.02 Å². The molecule has 0 unspecified atom stereocenters. The molecule has 2 rings (SSSR count). The maximum absolute atomic E-state index is 11.4. The minimum Gasteiger partial charge on any atom is -0.463 e. The van der Waals surface area contributed by atoms with Crippen molar-refractivity contribution >= 4 is 23.3 Å². The first kappa shape index (κ1) is 15.5. The molecule has 6 heteroatoms. The number of halogens is 1. The molecule has 1 heterocycles. The Morgan fingerprint density at radius 2 is 1.90 bits per heavy atom. The van der Waals surface area contributed by atoms with E-state index in [0.717, 1.165) is 36.9 Å². The molecule has 1 aliphatic heterocycles. The molecule has 5 nitrogen and oxygen atoms in total. The van der Waals surface area contributed by atoms with Crippen molar-refractivity contribution in [3.63, 3.8) is 0 Å². The molecule has 21 heavy (non-hydrogen) atoms. The van der Waals surface area contributed by atoms with Crippen molar-refractivity contribution in [2.75, 3.05) is 37.7 Å². The Morgan fingerprint density at radius 1 is 1.29 bits per heavy atom. The molecule has 0 bridgehead atoms. The van der Waals surface area contributed by atoms with E-state index in [9.17, 15) is 4.79 Å². The summed E-state index contributed by atoms with van der Waals surface area (Å²) in [6.07, 6.45) is 1.35. The van der Waals surface area contributed by atoms with Gasteiger partial charge in [0.05, 0.1) is 12.7 Å². The molecule has 1 fully saturated rings. The second-order valence-electron chi connectivity index (χ2n) is 4.77. The van der Waals surface area contributed by atoms with Crippen LogP contribution in [0.5, 0.6) is 0 Å². The van der Waals surface area contributed by atoms with Gasteiger partial charge in [0.1, 0.15) is 5.82 Å². The highest BCUT2D eigenvalue weighted by Crippen LogP contribution is 2.19. The van der Waals surface area contributed by atoms with Gasteiger partial charge in [-0.25, -0.2) is 4.79 Å². The lowest BCUT2D eigenvalue weighted by atomic mass is 10.2. The summed E-state index contributed by atoms with van der Waals surface area (Å²) in [7, 11) is 0. The molecule has 0 aliphatic carbocycles. The Bertz CT molecular complexity index is 508. The fourth-order valence-electron chi connectivity index (χ4n) is 2.27. The summed E-state index contributed by atoms with van der Waals surface area (Å²) in [4.78, 5) is 15.6. The normalized spacial score (nSPS) is 16.0. The Balaban J connectivity index is 1.91. The molecule has 0 radical (unpaired) electrons. The number of esters is 1. The number of benzene rings is 1.